The maximum absolute atomic E-state index is 2.54. The van der Waals surface area contributed by atoms with E-state index >= 15 is 0 Å². The second kappa shape index (κ2) is 10.3. The van der Waals surface area contributed by atoms with Crippen LogP contribution in [0.1, 0.15) is 38.9 Å². The summed E-state index contributed by atoms with van der Waals surface area (Å²) < 4.78 is 0. The van der Waals surface area contributed by atoms with E-state index < -0.39 is 5.41 Å². The van der Waals surface area contributed by atoms with Gasteiger partial charge in [-0.05, 0) is 128 Å². The standard InChI is InChI=1S/C48H35N/c1-30-27-35(28-31(2)32(30)3)49(34-16-5-4-6-17-34)45-29-44-47(40-22-10-9-21-39(40)45)46-36-18-8-7-15-33(36)25-26-43(46)48(44)41-23-13-11-19-37(41)38-20-12-14-24-42(38)48/h4-29H,1-3H3. The molecule has 0 aliphatic heterocycles. The summed E-state index contributed by atoms with van der Waals surface area (Å²) in [7, 11) is 0. The number of hydrogen-bond acceptors (Lipinski definition) is 1. The van der Waals surface area contributed by atoms with Crippen molar-refractivity contribution >= 4 is 38.6 Å². The van der Waals surface area contributed by atoms with Crippen LogP contribution in [0.3, 0.4) is 0 Å². The summed E-state index contributed by atoms with van der Waals surface area (Å²) in [6.07, 6.45) is 0. The van der Waals surface area contributed by atoms with Crippen LogP contribution >= 0.6 is 0 Å². The molecule has 1 spiro atoms. The van der Waals surface area contributed by atoms with E-state index in [0.29, 0.717) is 0 Å². The van der Waals surface area contributed by atoms with Crippen molar-refractivity contribution in [2.45, 2.75) is 26.2 Å². The Hall–Kier alpha value is -5.92. The minimum absolute atomic E-state index is 0.456. The van der Waals surface area contributed by atoms with E-state index in [1.807, 2.05) is 0 Å². The van der Waals surface area contributed by atoms with Crippen LogP contribution in [0, 0.1) is 20.8 Å². The summed E-state index contributed by atoms with van der Waals surface area (Å²) in [6, 6.07) is 59.1. The number of fused-ring (bicyclic) bond motifs is 14. The number of rotatable bonds is 3. The molecule has 10 rings (SSSR count). The molecule has 0 radical (unpaired) electrons. The topological polar surface area (TPSA) is 3.24 Å². The smallest absolute Gasteiger partial charge is 0.0726 e. The SMILES string of the molecule is Cc1cc(N(c2ccccc2)c2cc3c(c4ccccc24)-c2c(ccc4ccccc24)C32c3ccccc3-c3ccccc32)cc(C)c1C. The largest absolute Gasteiger partial charge is 0.310 e. The Bertz CT molecular complexity index is 2580. The van der Waals surface area contributed by atoms with Gasteiger partial charge in [-0.1, -0.05) is 127 Å². The second-order valence-electron chi connectivity index (χ2n) is 13.8. The molecule has 1 nitrogen and oxygen atoms in total. The highest BCUT2D eigenvalue weighted by Crippen LogP contribution is 2.65. The molecule has 0 N–H and O–H groups in total. The Labute approximate surface area is 287 Å². The van der Waals surface area contributed by atoms with Crippen molar-refractivity contribution in [1.82, 2.24) is 0 Å². The summed E-state index contributed by atoms with van der Waals surface area (Å²) in [5, 5.41) is 5.11. The first-order valence-corrected chi connectivity index (χ1v) is 17.3. The number of para-hydroxylation sites is 1. The van der Waals surface area contributed by atoms with E-state index in [-0.39, 0.29) is 0 Å². The van der Waals surface area contributed by atoms with Crippen LogP contribution in [0.4, 0.5) is 17.1 Å². The normalized spacial score (nSPS) is 13.4. The minimum Gasteiger partial charge on any atom is -0.310 e. The lowest BCUT2D eigenvalue weighted by molar-refractivity contribution is 0.795. The van der Waals surface area contributed by atoms with Gasteiger partial charge in [0, 0.05) is 16.8 Å². The highest BCUT2D eigenvalue weighted by Gasteiger charge is 2.52. The Kier molecular flexibility index (Phi) is 5.91. The number of nitrogens with zero attached hydrogens (tertiary/aromatic N) is 1. The monoisotopic (exact) mass is 625 g/mol. The van der Waals surface area contributed by atoms with Gasteiger partial charge in [0.15, 0.2) is 0 Å². The third kappa shape index (κ3) is 3.70. The summed E-state index contributed by atoms with van der Waals surface area (Å²) in [4.78, 5) is 2.49. The van der Waals surface area contributed by atoms with Crippen LogP contribution in [0.15, 0.2) is 158 Å². The van der Waals surface area contributed by atoms with Crippen molar-refractivity contribution in [1.29, 1.82) is 0 Å². The lowest BCUT2D eigenvalue weighted by atomic mass is 9.70. The first-order chi connectivity index (χ1) is 24.1. The molecule has 2 aliphatic rings. The molecule has 8 aromatic rings. The molecule has 0 bridgehead atoms. The molecule has 8 aromatic carbocycles. The number of aryl methyl sites for hydroxylation is 2. The Morgan fingerprint density at radius 1 is 0.408 bits per heavy atom. The van der Waals surface area contributed by atoms with E-state index in [1.54, 1.807) is 0 Å². The summed E-state index contributed by atoms with van der Waals surface area (Å²) >= 11 is 0. The van der Waals surface area contributed by atoms with Crippen molar-refractivity contribution < 1.29 is 0 Å². The lowest BCUT2D eigenvalue weighted by Gasteiger charge is -2.33. The third-order valence-corrected chi connectivity index (χ3v) is 11.4. The fourth-order valence-corrected chi connectivity index (χ4v) is 9.07. The summed E-state index contributed by atoms with van der Waals surface area (Å²) in [6.45, 7) is 6.70. The minimum atomic E-state index is -0.456. The first-order valence-electron chi connectivity index (χ1n) is 17.3. The molecular weight excluding hydrogens is 591 g/mol. The first kappa shape index (κ1) is 28.1. The van der Waals surface area contributed by atoms with Gasteiger partial charge in [-0.25, -0.2) is 0 Å². The molecule has 2 aliphatic carbocycles. The van der Waals surface area contributed by atoms with E-state index in [0.717, 1.165) is 5.69 Å². The van der Waals surface area contributed by atoms with Crippen molar-refractivity contribution in [3.05, 3.63) is 197 Å². The van der Waals surface area contributed by atoms with Crippen molar-refractivity contribution in [3.63, 3.8) is 0 Å². The zero-order valence-corrected chi connectivity index (χ0v) is 28.0. The highest BCUT2D eigenvalue weighted by atomic mass is 15.1. The van der Waals surface area contributed by atoms with E-state index in [9.17, 15) is 0 Å². The molecule has 0 heterocycles. The van der Waals surface area contributed by atoms with Gasteiger partial charge < -0.3 is 4.90 Å². The second-order valence-corrected chi connectivity index (χ2v) is 13.8. The average molecular weight is 626 g/mol. The van der Waals surface area contributed by atoms with Crippen LogP contribution in [0.2, 0.25) is 0 Å². The van der Waals surface area contributed by atoms with Crippen LogP contribution in [-0.2, 0) is 5.41 Å². The van der Waals surface area contributed by atoms with Crippen LogP contribution in [0.25, 0.3) is 43.8 Å². The maximum atomic E-state index is 2.54. The molecule has 1 heteroatoms. The van der Waals surface area contributed by atoms with Crippen molar-refractivity contribution in [2.75, 3.05) is 4.90 Å². The summed E-state index contributed by atoms with van der Waals surface area (Å²) in [5.41, 5.74) is 17.8. The van der Waals surface area contributed by atoms with Gasteiger partial charge in [-0.15, -0.1) is 0 Å². The zero-order valence-electron chi connectivity index (χ0n) is 28.0. The molecule has 0 amide bonds. The zero-order chi connectivity index (χ0) is 32.9. The van der Waals surface area contributed by atoms with Gasteiger partial charge in [0.2, 0.25) is 0 Å². The lowest BCUT2D eigenvalue weighted by Crippen LogP contribution is -2.26. The van der Waals surface area contributed by atoms with Crippen molar-refractivity contribution in [3.8, 4) is 22.3 Å². The molecular formula is C48H35N. The van der Waals surface area contributed by atoms with Gasteiger partial charge >= 0.3 is 0 Å². The maximum Gasteiger partial charge on any atom is 0.0726 e. The Morgan fingerprint density at radius 3 is 1.65 bits per heavy atom. The van der Waals surface area contributed by atoms with E-state index in [4.69, 9.17) is 0 Å². The predicted octanol–water partition coefficient (Wildman–Crippen LogP) is 12.7. The molecule has 0 aromatic heterocycles. The fraction of sp³-hybridized carbons (Fsp3) is 0.0833. The van der Waals surface area contributed by atoms with Gasteiger partial charge in [0.25, 0.3) is 0 Å². The highest BCUT2D eigenvalue weighted by molar-refractivity contribution is 6.16. The number of benzene rings is 8. The molecule has 0 unspecified atom stereocenters. The molecule has 49 heavy (non-hydrogen) atoms. The van der Waals surface area contributed by atoms with E-state index in [2.05, 4.69) is 183 Å². The predicted molar refractivity (Wildman–Crippen MR) is 207 cm³/mol. The molecule has 0 saturated heterocycles. The van der Waals surface area contributed by atoms with Gasteiger partial charge in [0.05, 0.1) is 11.1 Å². The van der Waals surface area contributed by atoms with Gasteiger partial charge in [0.1, 0.15) is 0 Å². The summed E-state index contributed by atoms with van der Waals surface area (Å²) in [5.74, 6) is 0. The Morgan fingerprint density at radius 2 is 0.959 bits per heavy atom. The van der Waals surface area contributed by atoms with Crippen LogP contribution in [-0.4, -0.2) is 0 Å². The molecule has 0 fully saturated rings. The quantitative estimate of drug-likeness (QED) is 0.189. The third-order valence-electron chi connectivity index (χ3n) is 11.4. The average Bonchev–Trinajstić information content (AvgIpc) is 3.62. The fourth-order valence-electron chi connectivity index (χ4n) is 9.07. The van der Waals surface area contributed by atoms with Gasteiger partial charge in [-0.2, -0.15) is 0 Å². The number of hydrogen-bond donors (Lipinski definition) is 0. The van der Waals surface area contributed by atoms with E-state index in [1.165, 1.54) is 94.1 Å². The molecule has 0 saturated carbocycles. The molecule has 0 atom stereocenters. The number of anilines is 3. The van der Waals surface area contributed by atoms with Crippen LogP contribution in [0.5, 0.6) is 0 Å². The van der Waals surface area contributed by atoms with Crippen LogP contribution < -0.4 is 4.90 Å². The molecule has 232 valence electrons. The van der Waals surface area contributed by atoms with Gasteiger partial charge in [-0.3, -0.25) is 0 Å². The Balaban J connectivity index is 1.41. The van der Waals surface area contributed by atoms with Crippen molar-refractivity contribution in [2.24, 2.45) is 0 Å².